The molecule has 0 saturated heterocycles. The summed E-state index contributed by atoms with van der Waals surface area (Å²) in [6.45, 7) is 10.3. The van der Waals surface area contributed by atoms with E-state index in [0.717, 1.165) is 12.0 Å². The Morgan fingerprint density at radius 2 is 1.64 bits per heavy atom. The van der Waals surface area contributed by atoms with E-state index >= 15 is 0 Å². The minimum absolute atomic E-state index is 0.105. The molecule has 0 aliphatic heterocycles. The first-order valence-corrected chi connectivity index (χ1v) is 10.3. The number of hydrogen-bond acceptors (Lipinski definition) is 4. The van der Waals surface area contributed by atoms with Crippen molar-refractivity contribution in [2.24, 2.45) is 11.7 Å². The lowest BCUT2D eigenvalue weighted by Gasteiger charge is -2.22. The summed E-state index contributed by atoms with van der Waals surface area (Å²) in [4.78, 5) is 12.4. The molecule has 7 heteroatoms. The van der Waals surface area contributed by atoms with Crippen LogP contribution in [0.5, 0.6) is 0 Å². The van der Waals surface area contributed by atoms with Gasteiger partial charge in [0.1, 0.15) is 0 Å². The van der Waals surface area contributed by atoms with E-state index in [0.29, 0.717) is 13.1 Å². The van der Waals surface area contributed by atoms with Crippen LogP contribution in [-0.4, -0.2) is 37.8 Å². The van der Waals surface area contributed by atoms with Crippen LogP contribution in [0.25, 0.3) is 0 Å². The van der Waals surface area contributed by atoms with Crippen molar-refractivity contribution in [2.45, 2.75) is 58.0 Å². The molecule has 6 nitrogen and oxygen atoms in total. The molecule has 3 unspecified atom stereocenters. The molecule has 0 heterocycles. The van der Waals surface area contributed by atoms with Crippen LogP contribution in [0.1, 0.15) is 52.6 Å². The highest BCUT2D eigenvalue weighted by molar-refractivity contribution is 7.89. The Hall–Kier alpha value is -1.44. The number of sulfonamides is 1. The monoisotopic (exact) mass is 369 g/mol. The normalized spacial score (nSPS) is 15.6. The minimum Gasteiger partial charge on any atom is -0.348 e. The Kier molecular flexibility index (Phi) is 8.05. The van der Waals surface area contributed by atoms with Crippen molar-refractivity contribution in [3.63, 3.8) is 0 Å². The third kappa shape index (κ3) is 5.26. The smallest absolute Gasteiger partial charge is 0.243 e. The first kappa shape index (κ1) is 21.6. The molecule has 0 saturated carbocycles. The first-order valence-electron chi connectivity index (χ1n) is 8.84. The molecule has 3 atom stereocenters. The van der Waals surface area contributed by atoms with Crippen LogP contribution < -0.4 is 11.1 Å². The van der Waals surface area contributed by atoms with Gasteiger partial charge in [0.25, 0.3) is 0 Å². The second kappa shape index (κ2) is 9.31. The molecule has 0 spiro atoms. The van der Waals surface area contributed by atoms with E-state index in [2.05, 4.69) is 5.32 Å². The minimum atomic E-state index is -3.47. The zero-order valence-corrected chi connectivity index (χ0v) is 16.6. The van der Waals surface area contributed by atoms with Crippen molar-refractivity contribution in [3.8, 4) is 0 Å². The van der Waals surface area contributed by atoms with Crippen LogP contribution >= 0.6 is 0 Å². The largest absolute Gasteiger partial charge is 0.348 e. The number of nitrogens with zero attached hydrogens (tertiary/aromatic N) is 1. The maximum Gasteiger partial charge on any atom is 0.243 e. The molecule has 0 bridgehead atoms. The van der Waals surface area contributed by atoms with E-state index in [1.54, 1.807) is 24.3 Å². The average molecular weight is 370 g/mol. The quantitative estimate of drug-likeness (QED) is 0.698. The summed E-state index contributed by atoms with van der Waals surface area (Å²) in [7, 11) is -3.47. The summed E-state index contributed by atoms with van der Waals surface area (Å²) < 4.78 is 26.4. The van der Waals surface area contributed by atoms with Gasteiger partial charge in [-0.1, -0.05) is 46.2 Å². The van der Waals surface area contributed by atoms with E-state index in [9.17, 15) is 13.2 Å². The van der Waals surface area contributed by atoms with Gasteiger partial charge in [0.2, 0.25) is 15.9 Å². The van der Waals surface area contributed by atoms with Crippen LogP contribution in [0.2, 0.25) is 0 Å². The average Bonchev–Trinajstić information content (AvgIpc) is 2.61. The molecule has 0 aliphatic carbocycles. The molecule has 0 fully saturated rings. The maximum atomic E-state index is 12.5. The summed E-state index contributed by atoms with van der Waals surface area (Å²) in [6.07, 6.45) is 0.834. The molecule has 1 aromatic rings. The molecule has 0 aromatic heterocycles. The first-order chi connectivity index (χ1) is 11.7. The van der Waals surface area contributed by atoms with Crippen LogP contribution in [0, 0.1) is 5.92 Å². The van der Waals surface area contributed by atoms with Gasteiger partial charge in [0.05, 0.1) is 17.0 Å². The van der Waals surface area contributed by atoms with Crippen molar-refractivity contribution in [1.82, 2.24) is 9.62 Å². The standard InChI is InChI=1S/C18H31N3O3S/c1-6-13(4)17(19)18(22)20-14(5)15-9-11-16(12-10-15)25(23,24)21(7-2)8-3/h9-14,17H,6-8,19H2,1-5H3,(H,20,22). The molecule has 1 rings (SSSR count). The number of benzene rings is 1. The van der Waals surface area contributed by atoms with E-state index < -0.39 is 16.1 Å². The number of nitrogens with two attached hydrogens (primary N) is 1. The fourth-order valence-electron chi connectivity index (χ4n) is 2.55. The number of carbonyl (C=O) groups excluding carboxylic acids is 1. The Bertz CT molecular complexity index is 655. The van der Waals surface area contributed by atoms with Gasteiger partial charge in [0.15, 0.2) is 0 Å². The lowest BCUT2D eigenvalue weighted by atomic mass is 9.98. The fraction of sp³-hybridized carbons (Fsp3) is 0.611. The zero-order chi connectivity index (χ0) is 19.2. The van der Waals surface area contributed by atoms with E-state index in [1.807, 2.05) is 34.6 Å². The van der Waals surface area contributed by atoms with Crippen molar-refractivity contribution in [1.29, 1.82) is 0 Å². The number of rotatable bonds is 9. The van der Waals surface area contributed by atoms with Crippen LogP contribution in [0.3, 0.4) is 0 Å². The molecule has 25 heavy (non-hydrogen) atoms. The topological polar surface area (TPSA) is 92.5 Å². The molecule has 142 valence electrons. The molecule has 1 aromatic carbocycles. The Morgan fingerprint density at radius 1 is 1.12 bits per heavy atom. The van der Waals surface area contributed by atoms with Gasteiger partial charge in [-0.15, -0.1) is 0 Å². The van der Waals surface area contributed by atoms with E-state index in [-0.39, 0.29) is 22.8 Å². The van der Waals surface area contributed by atoms with Gasteiger partial charge in [-0.05, 0) is 30.5 Å². The van der Waals surface area contributed by atoms with Gasteiger partial charge >= 0.3 is 0 Å². The van der Waals surface area contributed by atoms with Crippen LogP contribution in [0.4, 0.5) is 0 Å². The lowest BCUT2D eigenvalue weighted by molar-refractivity contribution is -0.124. The summed E-state index contributed by atoms with van der Waals surface area (Å²) in [6, 6.07) is 5.84. The lowest BCUT2D eigenvalue weighted by Crippen LogP contribution is -2.45. The summed E-state index contributed by atoms with van der Waals surface area (Å²) in [5, 5.41) is 2.89. The van der Waals surface area contributed by atoms with E-state index in [4.69, 9.17) is 5.73 Å². The summed E-state index contributed by atoms with van der Waals surface area (Å²) >= 11 is 0. The molecular weight excluding hydrogens is 338 g/mol. The van der Waals surface area contributed by atoms with Gasteiger partial charge in [0, 0.05) is 13.1 Å². The summed E-state index contributed by atoms with van der Waals surface area (Å²) in [5.74, 6) is -0.0875. The summed E-state index contributed by atoms with van der Waals surface area (Å²) in [5.41, 5.74) is 6.78. The second-order valence-corrected chi connectivity index (χ2v) is 8.24. The Morgan fingerprint density at radius 3 is 2.08 bits per heavy atom. The molecular formula is C18H31N3O3S. The number of hydrogen-bond donors (Lipinski definition) is 2. The predicted octanol–water partition coefficient (Wildman–Crippen LogP) is 2.27. The van der Waals surface area contributed by atoms with Crippen LogP contribution in [-0.2, 0) is 14.8 Å². The van der Waals surface area contributed by atoms with Crippen molar-refractivity contribution in [3.05, 3.63) is 29.8 Å². The van der Waals surface area contributed by atoms with Crippen molar-refractivity contribution < 1.29 is 13.2 Å². The van der Waals surface area contributed by atoms with Crippen LogP contribution in [0.15, 0.2) is 29.2 Å². The second-order valence-electron chi connectivity index (χ2n) is 6.30. The predicted molar refractivity (Wildman–Crippen MR) is 101 cm³/mol. The van der Waals surface area contributed by atoms with Gasteiger partial charge in [-0.2, -0.15) is 4.31 Å². The van der Waals surface area contributed by atoms with Gasteiger partial charge in [-0.25, -0.2) is 8.42 Å². The number of carbonyl (C=O) groups is 1. The number of nitrogens with one attached hydrogen (secondary N) is 1. The van der Waals surface area contributed by atoms with Gasteiger partial charge in [-0.3, -0.25) is 4.79 Å². The molecule has 3 N–H and O–H groups in total. The highest BCUT2D eigenvalue weighted by Gasteiger charge is 2.23. The molecule has 1 amide bonds. The highest BCUT2D eigenvalue weighted by atomic mass is 32.2. The Balaban J connectivity index is 2.87. The fourth-order valence-corrected chi connectivity index (χ4v) is 4.00. The SMILES string of the molecule is CCC(C)C(N)C(=O)NC(C)c1ccc(S(=O)(=O)N(CC)CC)cc1. The third-order valence-corrected chi connectivity index (χ3v) is 6.71. The highest BCUT2D eigenvalue weighted by Crippen LogP contribution is 2.19. The third-order valence-electron chi connectivity index (χ3n) is 4.64. The van der Waals surface area contributed by atoms with E-state index in [1.165, 1.54) is 4.31 Å². The Labute approximate surface area is 151 Å². The molecule has 0 aliphatic rings. The van der Waals surface area contributed by atoms with Crippen molar-refractivity contribution in [2.75, 3.05) is 13.1 Å². The maximum absolute atomic E-state index is 12.5. The van der Waals surface area contributed by atoms with Crippen molar-refractivity contribution >= 4 is 15.9 Å². The van der Waals surface area contributed by atoms with Gasteiger partial charge < -0.3 is 11.1 Å². The number of amides is 1. The molecule has 0 radical (unpaired) electrons. The zero-order valence-electron chi connectivity index (χ0n) is 15.8.